The molecule has 0 spiro atoms. The molecule has 0 saturated carbocycles. The number of hydrogen-bond acceptors (Lipinski definition) is 6. The highest BCUT2D eigenvalue weighted by Crippen LogP contribution is 2.35. The number of piperidine rings is 1. The highest BCUT2D eigenvalue weighted by atomic mass is 16.5. The lowest BCUT2D eigenvalue weighted by Gasteiger charge is -2.28. The molecule has 1 aliphatic heterocycles. The Labute approximate surface area is 200 Å². The molecule has 1 saturated heterocycles. The topological polar surface area (TPSA) is 102 Å². The van der Waals surface area contributed by atoms with E-state index in [2.05, 4.69) is 14.8 Å². The van der Waals surface area contributed by atoms with Crippen molar-refractivity contribution < 1.29 is 23.5 Å². The van der Waals surface area contributed by atoms with Gasteiger partial charge in [-0.05, 0) is 18.9 Å². The molecular weight excluding hydrogens is 448 g/mol. The summed E-state index contributed by atoms with van der Waals surface area (Å²) in [4.78, 5) is 38.8. The van der Waals surface area contributed by atoms with Crippen molar-refractivity contribution in [2.75, 3.05) is 27.3 Å². The monoisotopic (exact) mass is 470 g/mol. The van der Waals surface area contributed by atoms with Crippen LogP contribution >= 0.6 is 0 Å². The fourth-order valence-electron chi connectivity index (χ4n) is 4.55. The maximum absolute atomic E-state index is 13.2. The van der Waals surface area contributed by atoms with E-state index in [-0.39, 0.29) is 5.56 Å². The van der Waals surface area contributed by atoms with Crippen LogP contribution in [0.4, 0.5) is 0 Å². The van der Waals surface area contributed by atoms with E-state index in [9.17, 15) is 9.59 Å². The fourth-order valence-corrected chi connectivity index (χ4v) is 4.55. The molecule has 35 heavy (non-hydrogen) atoms. The summed E-state index contributed by atoms with van der Waals surface area (Å²) >= 11 is 0. The molecule has 5 rings (SSSR count). The predicted molar refractivity (Wildman–Crippen MR) is 129 cm³/mol. The average molecular weight is 470 g/mol. The minimum atomic E-state index is -0.638. The van der Waals surface area contributed by atoms with Crippen LogP contribution < -0.4 is 9.47 Å². The second-order valence-corrected chi connectivity index (χ2v) is 8.12. The molecule has 1 fully saturated rings. The van der Waals surface area contributed by atoms with Gasteiger partial charge in [0.2, 0.25) is 5.88 Å². The van der Waals surface area contributed by atoms with Gasteiger partial charge in [-0.1, -0.05) is 23.8 Å². The van der Waals surface area contributed by atoms with Crippen molar-refractivity contribution in [2.45, 2.75) is 12.8 Å². The SMILES string of the molecule is [C-]#[N+]C(=C1CCN(C(=O)C(=O)c2c[nH]c3c(OC)ncc(OC)c23)CC1)c1coc2ccccc12. The number of rotatable bonds is 5. The Morgan fingerprint density at radius 2 is 1.91 bits per heavy atom. The number of nitrogens with zero attached hydrogens (tertiary/aromatic N) is 3. The Balaban J connectivity index is 1.39. The number of furan rings is 1. The van der Waals surface area contributed by atoms with Crippen molar-refractivity contribution in [1.82, 2.24) is 14.9 Å². The molecule has 4 aromatic rings. The highest BCUT2D eigenvalue weighted by Gasteiger charge is 2.30. The normalized spacial score (nSPS) is 13.6. The van der Waals surface area contributed by atoms with Crippen LogP contribution in [0.15, 0.2) is 52.9 Å². The van der Waals surface area contributed by atoms with Crippen LogP contribution in [0.5, 0.6) is 11.6 Å². The van der Waals surface area contributed by atoms with Crippen LogP contribution in [0.25, 0.3) is 32.4 Å². The molecule has 1 aromatic carbocycles. The summed E-state index contributed by atoms with van der Waals surface area (Å²) in [5.41, 5.74) is 3.68. The number of H-pyrrole nitrogens is 1. The first-order valence-corrected chi connectivity index (χ1v) is 11.0. The number of fused-ring (bicyclic) bond motifs is 2. The van der Waals surface area contributed by atoms with Gasteiger partial charge in [0, 0.05) is 30.2 Å². The molecule has 3 aromatic heterocycles. The summed E-state index contributed by atoms with van der Waals surface area (Å²) < 4.78 is 16.2. The minimum Gasteiger partial charge on any atom is -0.494 e. The number of likely N-dealkylation sites (tertiary alicyclic amines) is 1. The first kappa shape index (κ1) is 22.2. The third kappa shape index (κ3) is 3.69. The second kappa shape index (κ2) is 8.99. The van der Waals surface area contributed by atoms with Crippen LogP contribution in [0.3, 0.4) is 0 Å². The number of aromatic nitrogens is 2. The van der Waals surface area contributed by atoms with E-state index in [4.69, 9.17) is 20.5 Å². The molecule has 1 amide bonds. The number of aromatic amines is 1. The Kier molecular flexibility index (Phi) is 5.71. The first-order chi connectivity index (χ1) is 17.1. The molecule has 0 radical (unpaired) electrons. The lowest BCUT2D eigenvalue weighted by molar-refractivity contribution is -0.126. The predicted octanol–water partition coefficient (Wildman–Crippen LogP) is 4.46. The molecule has 1 N–H and O–H groups in total. The van der Waals surface area contributed by atoms with E-state index in [1.165, 1.54) is 31.5 Å². The number of Topliss-reactive ketones (excluding diaryl/α,β-unsaturated/α-hetero) is 1. The van der Waals surface area contributed by atoms with Crippen LogP contribution in [-0.4, -0.2) is 53.9 Å². The molecule has 4 heterocycles. The van der Waals surface area contributed by atoms with Crippen molar-refractivity contribution in [1.29, 1.82) is 0 Å². The van der Waals surface area contributed by atoms with Crippen LogP contribution in [-0.2, 0) is 4.79 Å². The number of carbonyl (C=O) groups excluding carboxylic acids is 2. The Hall–Kier alpha value is -4.58. The van der Waals surface area contributed by atoms with Gasteiger partial charge < -0.3 is 23.8 Å². The smallest absolute Gasteiger partial charge is 0.295 e. The number of benzene rings is 1. The molecule has 0 aliphatic carbocycles. The number of pyridine rings is 1. The lowest BCUT2D eigenvalue weighted by atomic mass is 9.97. The largest absolute Gasteiger partial charge is 0.494 e. The van der Waals surface area contributed by atoms with Crippen LogP contribution in [0.1, 0.15) is 28.8 Å². The average Bonchev–Trinajstić information content (AvgIpc) is 3.54. The van der Waals surface area contributed by atoms with Gasteiger partial charge in [-0.3, -0.25) is 9.59 Å². The Morgan fingerprint density at radius 3 is 2.63 bits per heavy atom. The molecule has 9 heteroatoms. The number of ether oxygens (including phenoxy) is 2. The molecule has 9 nitrogen and oxygen atoms in total. The van der Waals surface area contributed by atoms with E-state index in [1.807, 2.05) is 24.3 Å². The molecule has 0 unspecified atom stereocenters. The number of carbonyl (C=O) groups is 2. The van der Waals surface area contributed by atoms with Crippen LogP contribution in [0, 0.1) is 6.57 Å². The first-order valence-electron chi connectivity index (χ1n) is 11.0. The minimum absolute atomic E-state index is 0.204. The summed E-state index contributed by atoms with van der Waals surface area (Å²) in [6.07, 6.45) is 5.56. The third-order valence-corrected chi connectivity index (χ3v) is 6.33. The zero-order chi connectivity index (χ0) is 24.5. The lowest BCUT2D eigenvalue weighted by Crippen LogP contribution is -2.40. The van der Waals surface area contributed by atoms with Crippen molar-refractivity contribution in [3.63, 3.8) is 0 Å². The quantitative estimate of drug-likeness (QED) is 0.262. The highest BCUT2D eigenvalue weighted by molar-refractivity contribution is 6.45. The third-order valence-electron chi connectivity index (χ3n) is 6.33. The zero-order valence-corrected chi connectivity index (χ0v) is 19.3. The summed E-state index contributed by atoms with van der Waals surface area (Å²) in [7, 11) is 2.95. The fraction of sp³-hybridized carbons (Fsp3) is 0.231. The summed E-state index contributed by atoms with van der Waals surface area (Å²) in [6.45, 7) is 8.45. The molecule has 0 atom stereocenters. The van der Waals surface area contributed by atoms with Gasteiger partial charge in [-0.2, -0.15) is 0 Å². The maximum atomic E-state index is 13.2. The van der Waals surface area contributed by atoms with E-state index >= 15 is 0 Å². The van der Waals surface area contributed by atoms with Gasteiger partial charge in [0.15, 0.2) is 5.70 Å². The van der Waals surface area contributed by atoms with E-state index in [0.29, 0.717) is 54.2 Å². The van der Waals surface area contributed by atoms with Gasteiger partial charge >= 0.3 is 0 Å². The number of nitrogens with one attached hydrogen (secondary N) is 1. The maximum Gasteiger partial charge on any atom is 0.295 e. The van der Waals surface area contributed by atoms with Crippen LogP contribution in [0.2, 0.25) is 0 Å². The molecule has 1 aliphatic rings. The molecule has 176 valence electrons. The Bertz CT molecular complexity index is 1530. The second-order valence-electron chi connectivity index (χ2n) is 8.12. The zero-order valence-electron chi connectivity index (χ0n) is 19.3. The van der Waals surface area contributed by atoms with Crippen molar-refractivity contribution >= 4 is 39.3 Å². The standard InChI is InChI=1S/C26H22N4O5/c1-27-22(18-14-35-19-7-5-4-6-16(18)19)15-8-10-30(11-9-15)26(32)24(31)17-12-28-23-21(17)20(33-2)13-29-25(23)34-3/h4-7,12-14,28H,8-11H2,2-3H3. The van der Waals surface area contributed by atoms with Gasteiger partial charge in [0.05, 0.1) is 44.2 Å². The van der Waals surface area contributed by atoms with Gasteiger partial charge in [0.25, 0.3) is 11.7 Å². The van der Waals surface area contributed by atoms with Crippen molar-refractivity contribution in [3.8, 4) is 11.6 Å². The number of hydrogen-bond donors (Lipinski definition) is 1. The summed E-state index contributed by atoms with van der Waals surface area (Å²) in [6, 6.07) is 7.59. The van der Waals surface area contributed by atoms with Gasteiger partial charge in [-0.15, -0.1) is 0 Å². The molecular formula is C26H22N4O5. The summed E-state index contributed by atoms with van der Waals surface area (Å²) in [5.74, 6) is -0.558. The molecule has 0 bridgehead atoms. The number of para-hydroxylation sites is 1. The van der Waals surface area contributed by atoms with E-state index in [0.717, 1.165) is 22.1 Å². The number of amides is 1. The number of methoxy groups -OCH3 is 2. The van der Waals surface area contributed by atoms with Gasteiger partial charge in [0.1, 0.15) is 16.8 Å². The van der Waals surface area contributed by atoms with Crippen molar-refractivity contribution in [2.24, 2.45) is 0 Å². The van der Waals surface area contributed by atoms with Crippen molar-refractivity contribution in [3.05, 3.63) is 71.0 Å². The Morgan fingerprint density at radius 1 is 1.14 bits per heavy atom. The van der Waals surface area contributed by atoms with E-state index in [1.54, 1.807) is 6.26 Å². The van der Waals surface area contributed by atoms with Gasteiger partial charge in [-0.25, -0.2) is 9.83 Å². The number of ketones is 1. The summed E-state index contributed by atoms with van der Waals surface area (Å²) in [5, 5.41) is 1.34. The van der Waals surface area contributed by atoms with E-state index < -0.39 is 11.7 Å².